The van der Waals surface area contributed by atoms with Crippen LogP contribution in [-0.4, -0.2) is 12.4 Å². The van der Waals surface area contributed by atoms with Crippen LogP contribution in [0.1, 0.15) is 22.8 Å². The molecule has 2 nitrogen and oxygen atoms in total. The van der Waals surface area contributed by atoms with Crippen LogP contribution in [0.5, 0.6) is 5.75 Å². The van der Waals surface area contributed by atoms with Gasteiger partial charge in [0.15, 0.2) is 5.78 Å². The van der Waals surface area contributed by atoms with E-state index >= 15 is 0 Å². The summed E-state index contributed by atoms with van der Waals surface area (Å²) < 4.78 is 19.0. The maximum Gasteiger partial charge on any atom is 0.167 e. The van der Waals surface area contributed by atoms with Crippen molar-refractivity contribution in [3.05, 3.63) is 64.4 Å². The quantitative estimate of drug-likeness (QED) is 0.768. The predicted molar refractivity (Wildman–Crippen MR) is 77.1 cm³/mol. The zero-order valence-electron chi connectivity index (χ0n) is 11.0. The summed E-state index contributed by atoms with van der Waals surface area (Å²) in [6.07, 6.45) is -0.00141. The first-order valence-corrected chi connectivity index (χ1v) is 6.68. The summed E-state index contributed by atoms with van der Waals surface area (Å²) in [5.41, 5.74) is 0.839. The summed E-state index contributed by atoms with van der Waals surface area (Å²) >= 11 is 5.68. The molecule has 0 amide bonds. The number of ether oxygens (including phenoxy) is 1. The van der Waals surface area contributed by atoms with Crippen LogP contribution in [0.15, 0.2) is 42.5 Å². The summed E-state index contributed by atoms with van der Waals surface area (Å²) in [5.74, 6) is 0.00881. The van der Waals surface area contributed by atoms with Gasteiger partial charge in [0.05, 0.1) is 6.61 Å². The summed E-state index contributed by atoms with van der Waals surface area (Å²) in [7, 11) is 0. The summed E-state index contributed by atoms with van der Waals surface area (Å²) in [6, 6.07) is 11.2. The first kappa shape index (κ1) is 14.5. The summed E-state index contributed by atoms with van der Waals surface area (Å²) in [5, 5.41) is 0.317. The Bertz CT molecular complexity index is 626. The van der Waals surface area contributed by atoms with Crippen molar-refractivity contribution in [2.45, 2.75) is 13.3 Å². The molecule has 0 saturated heterocycles. The minimum atomic E-state index is -0.466. The van der Waals surface area contributed by atoms with Gasteiger partial charge < -0.3 is 4.74 Å². The molecule has 4 heteroatoms. The molecule has 0 bridgehead atoms. The summed E-state index contributed by atoms with van der Waals surface area (Å²) in [6.45, 7) is 2.40. The zero-order chi connectivity index (χ0) is 14.5. The van der Waals surface area contributed by atoms with Gasteiger partial charge in [-0.1, -0.05) is 29.8 Å². The lowest BCUT2D eigenvalue weighted by atomic mass is 10.0. The van der Waals surface area contributed by atoms with Gasteiger partial charge in [-0.05, 0) is 36.8 Å². The highest BCUT2D eigenvalue weighted by Crippen LogP contribution is 2.18. The fourth-order valence-electron chi connectivity index (χ4n) is 1.87. The second-order valence-electron chi connectivity index (χ2n) is 4.30. The highest BCUT2D eigenvalue weighted by atomic mass is 35.5. The van der Waals surface area contributed by atoms with E-state index in [4.69, 9.17) is 16.3 Å². The normalized spacial score (nSPS) is 10.3. The van der Waals surface area contributed by atoms with Crippen molar-refractivity contribution in [2.75, 3.05) is 6.61 Å². The number of ketones is 1. The maximum absolute atomic E-state index is 13.7. The molecule has 0 radical (unpaired) electrons. The first-order valence-electron chi connectivity index (χ1n) is 6.30. The number of benzene rings is 2. The van der Waals surface area contributed by atoms with Crippen LogP contribution in [0.25, 0.3) is 0 Å². The average Bonchev–Trinajstić information content (AvgIpc) is 2.42. The number of hydrogen-bond donors (Lipinski definition) is 0. The standard InChI is InChI=1S/C16H14ClFO2/c1-2-20-14-5-3-4-12(8-14)16(19)9-11-6-7-13(17)10-15(11)18/h3-8,10H,2,9H2,1H3. The Kier molecular flexibility index (Phi) is 4.74. The van der Waals surface area contributed by atoms with Gasteiger partial charge >= 0.3 is 0 Å². The van der Waals surface area contributed by atoms with E-state index in [1.54, 1.807) is 30.3 Å². The number of rotatable bonds is 5. The van der Waals surface area contributed by atoms with Gasteiger partial charge in [-0.25, -0.2) is 4.39 Å². The van der Waals surface area contributed by atoms with Crippen molar-refractivity contribution >= 4 is 17.4 Å². The minimum absolute atomic E-state index is 0.00141. The SMILES string of the molecule is CCOc1cccc(C(=O)Cc2ccc(Cl)cc2F)c1. The van der Waals surface area contributed by atoms with Crippen molar-refractivity contribution in [3.8, 4) is 5.75 Å². The largest absolute Gasteiger partial charge is 0.494 e. The van der Waals surface area contributed by atoms with Crippen LogP contribution in [-0.2, 0) is 6.42 Å². The molecule has 2 aromatic carbocycles. The van der Waals surface area contributed by atoms with Crippen molar-refractivity contribution in [1.29, 1.82) is 0 Å². The van der Waals surface area contributed by atoms with Crippen LogP contribution in [0.2, 0.25) is 5.02 Å². The Balaban J connectivity index is 2.17. The van der Waals surface area contributed by atoms with Crippen molar-refractivity contribution in [2.24, 2.45) is 0 Å². The van der Waals surface area contributed by atoms with Crippen LogP contribution in [0, 0.1) is 5.82 Å². The molecule has 0 aromatic heterocycles. The number of hydrogen-bond acceptors (Lipinski definition) is 2. The van der Waals surface area contributed by atoms with E-state index < -0.39 is 5.82 Å². The molecule has 2 rings (SSSR count). The second-order valence-corrected chi connectivity index (χ2v) is 4.73. The molecular weight excluding hydrogens is 279 g/mol. The highest BCUT2D eigenvalue weighted by Gasteiger charge is 2.11. The molecule has 0 heterocycles. The zero-order valence-corrected chi connectivity index (χ0v) is 11.8. The topological polar surface area (TPSA) is 26.3 Å². The molecule has 0 aliphatic rings. The van der Waals surface area contributed by atoms with Crippen LogP contribution in [0.4, 0.5) is 4.39 Å². The molecule has 0 unspecified atom stereocenters. The van der Waals surface area contributed by atoms with E-state index in [0.29, 0.717) is 28.5 Å². The van der Waals surface area contributed by atoms with Crippen LogP contribution < -0.4 is 4.74 Å². The fourth-order valence-corrected chi connectivity index (χ4v) is 2.02. The van der Waals surface area contributed by atoms with Gasteiger partial charge in [-0.3, -0.25) is 4.79 Å². The Morgan fingerprint density at radius 2 is 2.05 bits per heavy atom. The van der Waals surface area contributed by atoms with Crippen molar-refractivity contribution in [3.63, 3.8) is 0 Å². The Labute approximate surface area is 122 Å². The summed E-state index contributed by atoms with van der Waals surface area (Å²) in [4.78, 5) is 12.2. The minimum Gasteiger partial charge on any atom is -0.494 e. The molecule has 2 aromatic rings. The van der Waals surface area contributed by atoms with Crippen LogP contribution >= 0.6 is 11.6 Å². The molecule has 0 aliphatic heterocycles. The molecule has 20 heavy (non-hydrogen) atoms. The van der Waals surface area contributed by atoms with Gasteiger partial charge in [0.1, 0.15) is 11.6 Å². The molecular formula is C16H14ClFO2. The molecule has 0 saturated carbocycles. The third-order valence-corrected chi connectivity index (χ3v) is 3.07. The molecule has 0 spiro atoms. The second kappa shape index (κ2) is 6.53. The maximum atomic E-state index is 13.7. The molecule has 0 atom stereocenters. The highest BCUT2D eigenvalue weighted by molar-refractivity contribution is 6.30. The number of carbonyl (C=O) groups is 1. The molecule has 0 fully saturated rings. The van der Waals surface area contributed by atoms with E-state index in [1.165, 1.54) is 12.1 Å². The molecule has 104 valence electrons. The van der Waals surface area contributed by atoms with Gasteiger partial charge in [0.2, 0.25) is 0 Å². The van der Waals surface area contributed by atoms with E-state index in [-0.39, 0.29) is 12.2 Å². The van der Waals surface area contributed by atoms with E-state index in [1.807, 2.05) is 6.92 Å². The van der Waals surface area contributed by atoms with Crippen molar-refractivity contribution < 1.29 is 13.9 Å². The van der Waals surface area contributed by atoms with Gasteiger partial charge in [-0.15, -0.1) is 0 Å². The average molecular weight is 293 g/mol. The fraction of sp³-hybridized carbons (Fsp3) is 0.188. The number of carbonyl (C=O) groups excluding carboxylic acids is 1. The monoisotopic (exact) mass is 292 g/mol. The van der Waals surface area contributed by atoms with E-state index in [0.717, 1.165) is 0 Å². The van der Waals surface area contributed by atoms with E-state index in [2.05, 4.69) is 0 Å². The van der Waals surface area contributed by atoms with Crippen molar-refractivity contribution in [1.82, 2.24) is 0 Å². The first-order chi connectivity index (χ1) is 9.60. The Morgan fingerprint density at radius 3 is 2.75 bits per heavy atom. The van der Waals surface area contributed by atoms with Gasteiger partial charge in [0.25, 0.3) is 0 Å². The lowest BCUT2D eigenvalue weighted by Crippen LogP contribution is -2.05. The lowest BCUT2D eigenvalue weighted by molar-refractivity contribution is 0.0991. The van der Waals surface area contributed by atoms with Gasteiger partial charge in [-0.2, -0.15) is 0 Å². The third-order valence-electron chi connectivity index (χ3n) is 2.83. The lowest BCUT2D eigenvalue weighted by Gasteiger charge is -2.06. The molecule has 0 N–H and O–H groups in total. The Hall–Kier alpha value is -1.87. The smallest absolute Gasteiger partial charge is 0.167 e. The molecule has 0 aliphatic carbocycles. The number of halogens is 2. The number of Topliss-reactive ketones (excluding diaryl/α,β-unsaturated/α-hetero) is 1. The third kappa shape index (κ3) is 3.58. The van der Waals surface area contributed by atoms with E-state index in [9.17, 15) is 9.18 Å². The van der Waals surface area contributed by atoms with Gasteiger partial charge in [0, 0.05) is 17.0 Å². The predicted octanol–water partition coefficient (Wildman–Crippen LogP) is 4.30. The van der Waals surface area contributed by atoms with Crippen LogP contribution in [0.3, 0.4) is 0 Å². The Morgan fingerprint density at radius 1 is 1.25 bits per heavy atom.